The molecule has 4 nitrogen and oxygen atoms in total. The fourth-order valence-corrected chi connectivity index (χ4v) is 2.49. The van der Waals surface area contributed by atoms with Crippen LogP contribution in [-0.4, -0.2) is 33.1 Å². The van der Waals surface area contributed by atoms with E-state index in [2.05, 4.69) is 19.4 Å². The lowest BCUT2D eigenvalue weighted by Gasteiger charge is -2.15. The molecule has 0 aliphatic heterocycles. The molecule has 1 aromatic carbocycles. The van der Waals surface area contributed by atoms with E-state index >= 15 is 0 Å². The number of furan rings is 1. The average Bonchev–Trinajstić information content (AvgIpc) is 3.04. The highest BCUT2D eigenvalue weighted by Crippen LogP contribution is 2.28. The molecule has 1 amide bonds. The van der Waals surface area contributed by atoms with E-state index in [1.807, 2.05) is 6.07 Å². The van der Waals surface area contributed by atoms with Gasteiger partial charge in [0.2, 0.25) is 5.91 Å². The summed E-state index contributed by atoms with van der Waals surface area (Å²) in [6, 6.07) is 9.85. The lowest BCUT2D eigenvalue weighted by molar-refractivity contribution is -0.858. The molecule has 0 aliphatic carbocycles. The minimum atomic E-state index is -0.289. The third kappa shape index (κ3) is 5.53. The van der Waals surface area contributed by atoms with Crippen molar-refractivity contribution >= 4 is 5.91 Å². The zero-order chi connectivity index (χ0) is 16.7. The lowest BCUT2D eigenvalue weighted by atomic mass is 9.93. The van der Waals surface area contributed by atoms with Gasteiger partial charge >= 0.3 is 0 Å². The molecule has 5 heteroatoms. The van der Waals surface area contributed by atoms with Gasteiger partial charge in [0.15, 0.2) is 0 Å². The van der Waals surface area contributed by atoms with Gasteiger partial charge in [-0.25, -0.2) is 4.39 Å². The third-order valence-corrected chi connectivity index (χ3v) is 3.72. The molecule has 124 valence electrons. The van der Waals surface area contributed by atoms with E-state index in [4.69, 9.17) is 4.42 Å². The maximum atomic E-state index is 13.1. The first-order chi connectivity index (χ1) is 11.1. The predicted molar refractivity (Wildman–Crippen MR) is 86.9 cm³/mol. The van der Waals surface area contributed by atoms with E-state index in [1.54, 1.807) is 24.5 Å². The Balaban J connectivity index is 1.98. The average molecular weight is 319 g/mol. The van der Waals surface area contributed by atoms with Crippen LogP contribution in [0.5, 0.6) is 0 Å². The number of amides is 1. The van der Waals surface area contributed by atoms with Gasteiger partial charge in [-0.2, -0.15) is 0 Å². The summed E-state index contributed by atoms with van der Waals surface area (Å²) in [6.45, 7) is 1.68. The second kappa shape index (κ2) is 8.48. The number of hydrogen-bond acceptors (Lipinski definition) is 2. The van der Waals surface area contributed by atoms with Gasteiger partial charge in [0.1, 0.15) is 11.6 Å². The summed E-state index contributed by atoms with van der Waals surface area (Å²) in [6.07, 6.45) is 2.81. The Kier molecular flexibility index (Phi) is 6.35. The monoisotopic (exact) mass is 319 g/mol. The first-order valence-electron chi connectivity index (χ1n) is 7.91. The van der Waals surface area contributed by atoms with E-state index in [9.17, 15) is 9.18 Å². The molecule has 0 bridgehead atoms. The molecule has 2 aromatic rings. The molecule has 2 rings (SSSR count). The summed E-state index contributed by atoms with van der Waals surface area (Å²) >= 11 is 0. The molecule has 0 saturated carbocycles. The van der Waals surface area contributed by atoms with Crippen molar-refractivity contribution in [3.63, 3.8) is 0 Å². The lowest BCUT2D eigenvalue weighted by Crippen LogP contribution is -3.05. The summed E-state index contributed by atoms with van der Waals surface area (Å²) < 4.78 is 18.6. The highest BCUT2D eigenvalue weighted by atomic mass is 19.1. The molecule has 0 aliphatic rings. The topological polar surface area (TPSA) is 46.7 Å². The molecule has 1 atom stereocenters. The maximum Gasteiger partial charge on any atom is 0.221 e. The molecule has 0 unspecified atom stereocenters. The fraction of sp³-hybridized carbons (Fsp3) is 0.389. The Bertz CT molecular complexity index is 594. The maximum absolute atomic E-state index is 13.1. The van der Waals surface area contributed by atoms with E-state index in [0.717, 1.165) is 18.5 Å². The summed E-state index contributed by atoms with van der Waals surface area (Å²) in [4.78, 5) is 13.6. The number of quaternary nitrogens is 1. The van der Waals surface area contributed by atoms with Crippen LogP contribution in [0.4, 0.5) is 4.39 Å². The summed E-state index contributed by atoms with van der Waals surface area (Å²) in [5.41, 5.74) is 0.870. The molecule has 0 saturated heterocycles. The molecule has 0 spiro atoms. The number of hydrogen-bond donors (Lipinski definition) is 2. The van der Waals surface area contributed by atoms with Gasteiger partial charge in [-0.05, 0) is 29.8 Å². The molecule has 0 fully saturated rings. The van der Waals surface area contributed by atoms with E-state index in [-0.39, 0.29) is 24.1 Å². The molecule has 0 radical (unpaired) electrons. The Morgan fingerprint density at radius 1 is 1.26 bits per heavy atom. The normalized spacial score (nSPS) is 12.3. The quantitative estimate of drug-likeness (QED) is 0.726. The largest absolute Gasteiger partial charge is 0.469 e. The first kappa shape index (κ1) is 17.2. The number of rotatable bonds is 8. The Morgan fingerprint density at radius 3 is 2.61 bits per heavy atom. The third-order valence-electron chi connectivity index (χ3n) is 3.72. The van der Waals surface area contributed by atoms with Crippen LogP contribution in [0, 0.1) is 5.82 Å². The Morgan fingerprint density at radius 2 is 2.00 bits per heavy atom. The van der Waals surface area contributed by atoms with Gasteiger partial charge in [0, 0.05) is 19.4 Å². The number of nitrogens with one attached hydrogen (secondary N) is 2. The number of carbonyl (C=O) groups is 1. The van der Waals surface area contributed by atoms with Crippen LogP contribution >= 0.6 is 0 Å². The van der Waals surface area contributed by atoms with E-state index < -0.39 is 0 Å². The zero-order valence-electron chi connectivity index (χ0n) is 13.6. The van der Waals surface area contributed by atoms with Crippen LogP contribution in [0.2, 0.25) is 0 Å². The van der Waals surface area contributed by atoms with Crippen molar-refractivity contribution < 1.29 is 18.5 Å². The van der Waals surface area contributed by atoms with Crippen molar-refractivity contribution in [1.29, 1.82) is 0 Å². The first-order valence-corrected chi connectivity index (χ1v) is 7.91. The van der Waals surface area contributed by atoms with E-state index in [1.165, 1.54) is 17.0 Å². The highest BCUT2D eigenvalue weighted by Gasteiger charge is 2.20. The highest BCUT2D eigenvalue weighted by molar-refractivity contribution is 5.77. The van der Waals surface area contributed by atoms with Crippen molar-refractivity contribution in [3.8, 4) is 0 Å². The van der Waals surface area contributed by atoms with E-state index in [0.29, 0.717) is 12.3 Å². The van der Waals surface area contributed by atoms with Gasteiger partial charge in [0.05, 0.1) is 32.8 Å². The number of carbonyl (C=O) groups excluding carboxylic acids is 1. The fourth-order valence-electron chi connectivity index (χ4n) is 2.49. The molecule has 1 heterocycles. The second-order valence-corrected chi connectivity index (χ2v) is 5.98. The summed E-state index contributed by atoms with van der Waals surface area (Å²) in [5.74, 6) is 0.196. The van der Waals surface area contributed by atoms with Crippen molar-refractivity contribution in [2.24, 2.45) is 0 Å². The summed E-state index contributed by atoms with van der Waals surface area (Å²) in [7, 11) is 4.17. The van der Waals surface area contributed by atoms with Gasteiger partial charge in [-0.15, -0.1) is 0 Å². The van der Waals surface area contributed by atoms with Crippen molar-refractivity contribution in [2.45, 2.75) is 18.8 Å². The van der Waals surface area contributed by atoms with Crippen molar-refractivity contribution in [1.82, 2.24) is 5.32 Å². The number of halogens is 1. The van der Waals surface area contributed by atoms with Crippen LogP contribution in [0.1, 0.15) is 30.1 Å². The number of benzene rings is 1. The second-order valence-electron chi connectivity index (χ2n) is 5.98. The van der Waals surface area contributed by atoms with Crippen molar-refractivity contribution in [2.75, 3.05) is 27.2 Å². The van der Waals surface area contributed by atoms with Crippen LogP contribution < -0.4 is 10.2 Å². The standard InChI is InChI=1S/C18H23FN2O2/c1-21(2)11-4-10-20-18(22)13-16(17-5-3-12-23-17)14-6-8-15(19)9-7-14/h3,5-9,12,16H,4,10-11,13H2,1-2H3,(H,20,22)/p+1/t16-/m0/s1. The van der Waals surface area contributed by atoms with Gasteiger partial charge < -0.3 is 14.6 Å². The molecular formula is C18H24FN2O2+. The van der Waals surface area contributed by atoms with Gasteiger partial charge in [-0.3, -0.25) is 4.79 Å². The molecular weight excluding hydrogens is 295 g/mol. The smallest absolute Gasteiger partial charge is 0.221 e. The van der Waals surface area contributed by atoms with Crippen molar-refractivity contribution in [3.05, 3.63) is 59.8 Å². The molecule has 2 N–H and O–H groups in total. The minimum Gasteiger partial charge on any atom is -0.469 e. The predicted octanol–water partition coefficient (Wildman–Crippen LogP) is 1.59. The van der Waals surface area contributed by atoms with Gasteiger partial charge in [0.25, 0.3) is 0 Å². The SMILES string of the molecule is C[NH+](C)CCCNC(=O)C[C@@H](c1ccc(F)cc1)c1ccco1. The summed E-state index contributed by atoms with van der Waals surface area (Å²) in [5, 5.41) is 2.94. The zero-order valence-corrected chi connectivity index (χ0v) is 13.6. The Labute approximate surface area is 136 Å². The minimum absolute atomic E-state index is 0.0236. The van der Waals surface area contributed by atoms with Crippen LogP contribution in [0.3, 0.4) is 0 Å². The van der Waals surface area contributed by atoms with Crippen LogP contribution in [0.15, 0.2) is 47.1 Å². The molecule has 1 aromatic heterocycles. The van der Waals surface area contributed by atoms with Gasteiger partial charge in [-0.1, -0.05) is 12.1 Å². The Hall–Kier alpha value is -2.14. The van der Waals surface area contributed by atoms with Crippen LogP contribution in [0.25, 0.3) is 0 Å². The molecule has 23 heavy (non-hydrogen) atoms. The van der Waals surface area contributed by atoms with Crippen LogP contribution in [-0.2, 0) is 4.79 Å².